The Hall–Kier alpha value is -1.67. The Morgan fingerprint density at radius 3 is 1.90 bits per heavy atom. The van der Waals surface area contributed by atoms with Crippen LogP contribution in [-0.4, -0.2) is 36.3 Å². The van der Waals surface area contributed by atoms with Crippen LogP contribution in [0.25, 0.3) is 0 Å². The van der Waals surface area contributed by atoms with Crippen molar-refractivity contribution >= 4 is 17.7 Å². The molecule has 9 N–H and O–H groups in total. The molecule has 116 valence electrons. The Balaban J connectivity index is 0.000000511. The molecule has 1 atom stereocenters. The van der Waals surface area contributed by atoms with Gasteiger partial charge in [0.2, 0.25) is 5.91 Å². The number of hydrogen-bond donors (Lipinski definition) is 5. The van der Waals surface area contributed by atoms with E-state index in [1.807, 2.05) is 0 Å². The summed E-state index contributed by atoms with van der Waals surface area (Å²) >= 11 is 0. The van der Waals surface area contributed by atoms with Gasteiger partial charge in [0.15, 0.2) is 0 Å². The minimum Gasteiger partial charge on any atom is -0.361 e. The molecule has 0 bridgehead atoms. The summed E-state index contributed by atoms with van der Waals surface area (Å²) in [6.45, 7) is 2.47. The van der Waals surface area contributed by atoms with Gasteiger partial charge in [-0.1, -0.05) is 6.92 Å². The van der Waals surface area contributed by atoms with E-state index >= 15 is 0 Å². The number of nitrogens with two attached hydrogens (primary N) is 4. The van der Waals surface area contributed by atoms with Crippen molar-refractivity contribution in [2.75, 3.05) is 6.54 Å². The van der Waals surface area contributed by atoms with Crippen molar-refractivity contribution in [3.05, 3.63) is 0 Å². The SMILES string of the molecule is CC1CCC(NC(=O)C(N)CN)CC1.NC(=O)C(N)=O. The highest BCUT2D eigenvalue weighted by Crippen LogP contribution is 2.23. The zero-order valence-electron chi connectivity index (χ0n) is 11.8. The molecule has 0 heterocycles. The number of hydrogen-bond acceptors (Lipinski definition) is 5. The topological polar surface area (TPSA) is 167 Å². The van der Waals surface area contributed by atoms with Crippen molar-refractivity contribution < 1.29 is 14.4 Å². The van der Waals surface area contributed by atoms with E-state index in [2.05, 4.69) is 23.7 Å². The molecule has 0 radical (unpaired) electrons. The largest absolute Gasteiger partial charge is 0.361 e. The quantitative estimate of drug-likeness (QED) is 0.375. The maximum atomic E-state index is 11.4. The highest BCUT2D eigenvalue weighted by Gasteiger charge is 2.21. The monoisotopic (exact) mass is 287 g/mol. The first kappa shape index (κ1) is 18.3. The molecule has 1 unspecified atom stereocenters. The third-order valence-electron chi connectivity index (χ3n) is 3.20. The Labute approximate surface area is 118 Å². The van der Waals surface area contributed by atoms with Gasteiger partial charge in [0.05, 0.1) is 6.04 Å². The molecule has 1 rings (SSSR count). The second kappa shape index (κ2) is 9.27. The van der Waals surface area contributed by atoms with E-state index in [-0.39, 0.29) is 12.5 Å². The summed E-state index contributed by atoms with van der Waals surface area (Å²) in [7, 11) is 0. The van der Waals surface area contributed by atoms with Crippen LogP contribution in [0.2, 0.25) is 0 Å². The molecule has 20 heavy (non-hydrogen) atoms. The third-order valence-corrected chi connectivity index (χ3v) is 3.20. The van der Waals surface area contributed by atoms with Gasteiger partial charge in [-0.05, 0) is 31.6 Å². The van der Waals surface area contributed by atoms with Crippen LogP contribution in [0.3, 0.4) is 0 Å². The molecule has 0 saturated heterocycles. The van der Waals surface area contributed by atoms with E-state index in [9.17, 15) is 14.4 Å². The van der Waals surface area contributed by atoms with Crippen LogP contribution in [0.4, 0.5) is 0 Å². The summed E-state index contributed by atoms with van der Waals surface area (Å²) < 4.78 is 0. The normalized spacial score (nSPS) is 22.9. The van der Waals surface area contributed by atoms with Crippen molar-refractivity contribution in [2.45, 2.75) is 44.7 Å². The number of carbonyl (C=O) groups excluding carboxylic acids is 3. The van der Waals surface area contributed by atoms with Gasteiger partial charge in [-0.25, -0.2) is 0 Å². The molecular formula is C12H25N5O3. The Morgan fingerprint density at radius 2 is 1.55 bits per heavy atom. The molecule has 0 aromatic heterocycles. The molecule has 1 aliphatic carbocycles. The van der Waals surface area contributed by atoms with Crippen molar-refractivity contribution in [1.82, 2.24) is 5.32 Å². The molecule has 1 aliphatic rings. The molecule has 1 saturated carbocycles. The molecule has 3 amide bonds. The van der Waals surface area contributed by atoms with Crippen LogP contribution in [0.5, 0.6) is 0 Å². The molecule has 0 aromatic rings. The summed E-state index contributed by atoms with van der Waals surface area (Å²) in [6.07, 6.45) is 4.54. The summed E-state index contributed by atoms with van der Waals surface area (Å²) in [5.41, 5.74) is 19.5. The van der Waals surface area contributed by atoms with Crippen molar-refractivity contribution in [3.8, 4) is 0 Å². The third kappa shape index (κ3) is 7.70. The first-order chi connectivity index (χ1) is 9.27. The van der Waals surface area contributed by atoms with Crippen LogP contribution in [0.1, 0.15) is 32.6 Å². The summed E-state index contributed by atoms with van der Waals surface area (Å²) in [5.74, 6) is -1.51. The summed E-state index contributed by atoms with van der Waals surface area (Å²) in [4.78, 5) is 30.3. The predicted octanol–water partition coefficient (Wildman–Crippen LogP) is -2.08. The van der Waals surface area contributed by atoms with Crippen LogP contribution < -0.4 is 28.3 Å². The average Bonchev–Trinajstić information content (AvgIpc) is 2.41. The van der Waals surface area contributed by atoms with E-state index in [0.717, 1.165) is 18.8 Å². The number of primary amides is 2. The van der Waals surface area contributed by atoms with E-state index in [0.29, 0.717) is 6.04 Å². The summed E-state index contributed by atoms with van der Waals surface area (Å²) in [6, 6.07) is -0.231. The van der Waals surface area contributed by atoms with Gasteiger partial charge in [0, 0.05) is 12.6 Å². The highest BCUT2D eigenvalue weighted by molar-refractivity contribution is 6.33. The van der Waals surface area contributed by atoms with Crippen LogP contribution in [0.15, 0.2) is 0 Å². The lowest BCUT2D eigenvalue weighted by molar-refractivity contribution is -0.135. The van der Waals surface area contributed by atoms with Gasteiger partial charge in [0.25, 0.3) is 0 Å². The Bertz CT molecular complexity index is 328. The molecule has 0 aliphatic heterocycles. The molecule has 0 aromatic carbocycles. The van der Waals surface area contributed by atoms with Crippen LogP contribution in [-0.2, 0) is 14.4 Å². The zero-order valence-corrected chi connectivity index (χ0v) is 11.8. The average molecular weight is 287 g/mol. The van der Waals surface area contributed by atoms with E-state index in [1.54, 1.807) is 0 Å². The molecular weight excluding hydrogens is 262 g/mol. The van der Waals surface area contributed by atoms with Gasteiger partial charge in [-0.2, -0.15) is 0 Å². The van der Waals surface area contributed by atoms with Crippen molar-refractivity contribution in [3.63, 3.8) is 0 Å². The Morgan fingerprint density at radius 1 is 1.10 bits per heavy atom. The van der Waals surface area contributed by atoms with Crippen LogP contribution in [0, 0.1) is 5.92 Å². The van der Waals surface area contributed by atoms with E-state index in [4.69, 9.17) is 11.5 Å². The summed E-state index contributed by atoms with van der Waals surface area (Å²) in [5, 5.41) is 2.95. The minimum absolute atomic E-state index is 0.105. The highest BCUT2D eigenvalue weighted by atomic mass is 16.2. The second-order valence-corrected chi connectivity index (χ2v) is 5.04. The molecule has 8 heteroatoms. The lowest BCUT2D eigenvalue weighted by Crippen LogP contribution is -2.49. The smallest absolute Gasteiger partial charge is 0.306 e. The zero-order chi connectivity index (χ0) is 15.7. The minimum atomic E-state index is -1.10. The first-order valence-electron chi connectivity index (χ1n) is 6.63. The van der Waals surface area contributed by atoms with Gasteiger partial charge in [-0.15, -0.1) is 0 Å². The van der Waals surface area contributed by atoms with E-state index in [1.165, 1.54) is 12.8 Å². The fraction of sp³-hybridized carbons (Fsp3) is 0.750. The lowest BCUT2D eigenvalue weighted by Gasteiger charge is -2.27. The molecule has 0 spiro atoms. The number of amides is 3. The number of nitrogens with one attached hydrogen (secondary N) is 1. The molecule has 1 fully saturated rings. The van der Waals surface area contributed by atoms with E-state index < -0.39 is 17.9 Å². The second-order valence-electron chi connectivity index (χ2n) is 5.04. The number of carbonyl (C=O) groups is 3. The molecule has 8 nitrogen and oxygen atoms in total. The van der Waals surface area contributed by atoms with Crippen molar-refractivity contribution in [2.24, 2.45) is 28.9 Å². The Kier molecular flexibility index (Phi) is 8.49. The fourth-order valence-corrected chi connectivity index (χ4v) is 1.82. The maximum absolute atomic E-state index is 11.4. The van der Waals surface area contributed by atoms with Gasteiger partial charge in [0.1, 0.15) is 0 Å². The first-order valence-corrected chi connectivity index (χ1v) is 6.63. The lowest BCUT2D eigenvalue weighted by atomic mass is 9.87. The van der Waals surface area contributed by atoms with Gasteiger partial charge >= 0.3 is 11.8 Å². The van der Waals surface area contributed by atoms with Crippen molar-refractivity contribution in [1.29, 1.82) is 0 Å². The van der Waals surface area contributed by atoms with Gasteiger partial charge < -0.3 is 28.3 Å². The number of rotatable bonds is 3. The predicted molar refractivity (Wildman–Crippen MR) is 75.0 cm³/mol. The standard InChI is InChI=1S/C10H21N3O.C2H4N2O2/c1-7-2-4-8(5-3-7)13-10(14)9(12)6-11;3-1(5)2(4)6/h7-9H,2-6,11-12H2,1H3,(H,13,14);(H2,3,5)(H2,4,6). The van der Waals surface area contributed by atoms with Gasteiger partial charge in [-0.3, -0.25) is 14.4 Å². The maximum Gasteiger partial charge on any atom is 0.306 e. The fourth-order valence-electron chi connectivity index (χ4n) is 1.82. The van der Waals surface area contributed by atoms with Crippen LogP contribution >= 0.6 is 0 Å².